The SMILES string of the molecule is CC(=O)Nc1cccc(NC(=O)C2c3ccccc3Oc3ccccc32)c1C. The van der Waals surface area contributed by atoms with Gasteiger partial charge < -0.3 is 15.4 Å². The maximum absolute atomic E-state index is 13.3. The molecule has 0 fully saturated rings. The van der Waals surface area contributed by atoms with Crippen molar-refractivity contribution in [3.05, 3.63) is 83.4 Å². The molecule has 2 N–H and O–H groups in total. The lowest BCUT2D eigenvalue weighted by molar-refractivity contribution is -0.117. The summed E-state index contributed by atoms with van der Waals surface area (Å²) in [4.78, 5) is 24.7. The molecule has 0 bridgehead atoms. The second kappa shape index (κ2) is 7.19. The average molecular weight is 372 g/mol. The van der Waals surface area contributed by atoms with Crippen LogP contribution in [0.25, 0.3) is 0 Å². The van der Waals surface area contributed by atoms with Crippen LogP contribution in [0.5, 0.6) is 11.5 Å². The van der Waals surface area contributed by atoms with Gasteiger partial charge in [0.05, 0.1) is 5.92 Å². The fourth-order valence-electron chi connectivity index (χ4n) is 3.49. The highest BCUT2D eigenvalue weighted by Crippen LogP contribution is 2.44. The number of hydrogen-bond donors (Lipinski definition) is 2. The first kappa shape index (κ1) is 17.8. The van der Waals surface area contributed by atoms with E-state index in [4.69, 9.17) is 4.74 Å². The molecule has 3 aromatic rings. The molecule has 5 nitrogen and oxygen atoms in total. The van der Waals surface area contributed by atoms with Gasteiger partial charge in [0, 0.05) is 29.4 Å². The van der Waals surface area contributed by atoms with Gasteiger partial charge in [0.2, 0.25) is 11.8 Å². The molecular formula is C23H20N2O3. The van der Waals surface area contributed by atoms with Crippen LogP contribution < -0.4 is 15.4 Å². The Morgan fingerprint density at radius 2 is 1.32 bits per heavy atom. The van der Waals surface area contributed by atoms with E-state index in [1.807, 2.05) is 67.6 Å². The fourth-order valence-corrected chi connectivity index (χ4v) is 3.49. The van der Waals surface area contributed by atoms with Crippen LogP contribution in [0.1, 0.15) is 29.5 Å². The van der Waals surface area contributed by atoms with Crippen molar-refractivity contribution < 1.29 is 14.3 Å². The lowest BCUT2D eigenvalue weighted by Gasteiger charge is -2.27. The number of anilines is 2. The summed E-state index contributed by atoms with van der Waals surface area (Å²) >= 11 is 0. The Hall–Kier alpha value is -3.60. The van der Waals surface area contributed by atoms with Crippen molar-refractivity contribution in [3.63, 3.8) is 0 Å². The lowest BCUT2D eigenvalue weighted by atomic mass is 9.87. The fraction of sp³-hybridized carbons (Fsp3) is 0.130. The number of hydrogen-bond acceptors (Lipinski definition) is 3. The normalized spacial score (nSPS) is 12.4. The number of fused-ring (bicyclic) bond motifs is 2. The number of nitrogens with one attached hydrogen (secondary N) is 2. The molecule has 0 aliphatic carbocycles. The molecule has 0 aromatic heterocycles. The van der Waals surface area contributed by atoms with E-state index in [1.54, 1.807) is 6.07 Å². The molecule has 28 heavy (non-hydrogen) atoms. The molecule has 140 valence electrons. The highest BCUT2D eigenvalue weighted by Gasteiger charge is 2.32. The monoisotopic (exact) mass is 372 g/mol. The van der Waals surface area contributed by atoms with Crippen LogP contribution in [0.2, 0.25) is 0 Å². The molecule has 0 saturated heterocycles. The topological polar surface area (TPSA) is 67.4 Å². The highest BCUT2D eigenvalue weighted by molar-refractivity contribution is 6.01. The Bertz CT molecular complexity index is 1030. The first-order chi connectivity index (χ1) is 13.5. The van der Waals surface area contributed by atoms with Gasteiger partial charge in [0.1, 0.15) is 11.5 Å². The molecule has 3 aromatic carbocycles. The number of para-hydroxylation sites is 2. The summed E-state index contributed by atoms with van der Waals surface area (Å²) in [5.41, 5.74) is 3.80. The molecule has 0 unspecified atom stereocenters. The summed E-state index contributed by atoms with van der Waals surface area (Å²) in [5.74, 6) is 0.588. The van der Waals surface area contributed by atoms with E-state index in [9.17, 15) is 9.59 Å². The number of rotatable bonds is 3. The lowest BCUT2D eigenvalue weighted by Crippen LogP contribution is -2.25. The summed E-state index contributed by atoms with van der Waals surface area (Å²) in [5, 5.41) is 5.82. The standard InChI is InChI=1S/C23H20N2O3/c1-14-18(24-15(2)26)10-7-11-19(14)25-23(27)22-16-8-3-5-12-20(16)28-21-13-6-4-9-17(21)22/h3-13,22H,1-2H3,(H,24,26)(H,25,27). The Kier molecular flexibility index (Phi) is 4.57. The number of benzene rings is 3. The zero-order valence-corrected chi connectivity index (χ0v) is 15.7. The number of carbonyl (C=O) groups excluding carboxylic acids is 2. The van der Waals surface area contributed by atoms with Gasteiger partial charge in [-0.25, -0.2) is 0 Å². The average Bonchev–Trinajstić information content (AvgIpc) is 2.68. The molecule has 4 rings (SSSR count). The van der Waals surface area contributed by atoms with E-state index in [0.717, 1.165) is 16.7 Å². The summed E-state index contributed by atoms with van der Waals surface area (Å²) in [6.07, 6.45) is 0. The van der Waals surface area contributed by atoms with Gasteiger partial charge in [-0.3, -0.25) is 9.59 Å². The molecule has 0 spiro atoms. The van der Waals surface area contributed by atoms with Crippen molar-refractivity contribution in [2.24, 2.45) is 0 Å². The van der Waals surface area contributed by atoms with E-state index >= 15 is 0 Å². The second-order valence-electron chi connectivity index (χ2n) is 6.76. The van der Waals surface area contributed by atoms with Gasteiger partial charge in [-0.1, -0.05) is 42.5 Å². The van der Waals surface area contributed by atoms with E-state index in [0.29, 0.717) is 22.9 Å². The molecule has 1 heterocycles. The molecule has 1 aliphatic heterocycles. The van der Waals surface area contributed by atoms with Gasteiger partial charge in [-0.05, 0) is 36.8 Å². The highest BCUT2D eigenvalue weighted by atomic mass is 16.5. The summed E-state index contributed by atoms with van der Waals surface area (Å²) < 4.78 is 5.97. The van der Waals surface area contributed by atoms with Gasteiger partial charge >= 0.3 is 0 Å². The molecule has 0 radical (unpaired) electrons. The van der Waals surface area contributed by atoms with Crippen molar-refractivity contribution >= 4 is 23.2 Å². The van der Waals surface area contributed by atoms with E-state index < -0.39 is 5.92 Å². The minimum Gasteiger partial charge on any atom is -0.457 e. The number of carbonyl (C=O) groups is 2. The first-order valence-electron chi connectivity index (χ1n) is 9.08. The largest absolute Gasteiger partial charge is 0.457 e. The third-order valence-electron chi connectivity index (χ3n) is 4.84. The van der Waals surface area contributed by atoms with Crippen LogP contribution in [-0.2, 0) is 9.59 Å². The zero-order valence-electron chi connectivity index (χ0n) is 15.7. The molecule has 2 amide bonds. The van der Waals surface area contributed by atoms with Crippen LogP contribution in [-0.4, -0.2) is 11.8 Å². The van der Waals surface area contributed by atoms with E-state index in [-0.39, 0.29) is 11.8 Å². The Balaban J connectivity index is 1.71. The smallest absolute Gasteiger partial charge is 0.236 e. The summed E-state index contributed by atoms with van der Waals surface area (Å²) in [6.45, 7) is 3.33. The molecule has 1 aliphatic rings. The number of ether oxygens (including phenoxy) is 1. The first-order valence-corrected chi connectivity index (χ1v) is 9.08. The van der Waals surface area contributed by atoms with Crippen molar-refractivity contribution in [1.82, 2.24) is 0 Å². The predicted molar refractivity (Wildman–Crippen MR) is 109 cm³/mol. The molecule has 0 atom stereocenters. The van der Waals surface area contributed by atoms with Gasteiger partial charge in [-0.2, -0.15) is 0 Å². The van der Waals surface area contributed by atoms with Crippen molar-refractivity contribution in [3.8, 4) is 11.5 Å². The Labute approximate surface area is 163 Å². The minimum atomic E-state index is -0.482. The van der Waals surface area contributed by atoms with Crippen LogP contribution in [0.3, 0.4) is 0 Å². The summed E-state index contributed by atoms with van der Waals surface area (Å²) in [7, 11) is 0. The third-order valence-corrected chi connectivity index (χ3v) is 4.84. The van der Waals surface area contributed by atoms with Crippen LogP contribution in [0, 0.1) is 6.92 Å². The van der Waals surface area contributed by atoms with Crippen molar-refractivity contribution in [2.75, 3.05) is 10.6 Å². The molecular weight excluding hydrogens is 352 g/mol. The minimum absolute atomic E-state index is 0.147. The summed E-state index contributed by atoms with van der Waals surface area (Å²) in [6, 6.07) is 20.6. The Morgan fingerprint density at radius 1 is 0.786 bits per heavy atom. The molecule has 5 heteroatoms. The Morgan fingerprint density at radius 3 is 1.89 bits per heavy atom. The van der Waals surface area contributed by atoms with Crippen molar-refractivity contribution in [1.29, 1.82) is 0 Å². The van der Waals surface area contributed by atoms with Crippen LogP contribution in [0.4, 0.5) is 11.4 Å². The van der Waals surface area contributed by atoms with Crippen LogP contribution in [0.15, 0.2) is 66.7 Å². The second-order valence-corrected chi connectivity index (χ2v) is 6.76. The van der Waals surface area contributed by atoms with Crippen LogP contribution >= 0.6 is 0 Å². The molecule has 0 saturated carbocycles. The maximum Gasteiger partial charge on any atom is 0.236 e. The van der Waals surface area contributed by atoms with Crippen molar-refractivity contribution in [2.45, 2.75) is 19.8 Å². The zero-order chi connectivity index (χ0) is 19.7. The van der Waals surface area contributed by atoms with Gasteiger partial charge in [-0.15, -0.1) is 0 Å². The van der Waals surface area contributed by atoms with Gasteiger partial charge in [0.25, 0.3) is 0 Å². The van der Waals surface area contributed by atoms with E-state index in [2.05, 4.69) is 10.6 Å². The van der Waals surface area contributed by atoms with Gasteiger partial charge in [0.15, 0.2) is 0 Å². The maximum atomic E-state index is 13.3. The number of amides is 2. The third kappa shape index (κ3) is 3.22. The predicted octanol–water partition coefficient (Wildman–Crippen LogP) is 4.83. The quantitative estimate of drug-likeness (QED) is 0.692. The van der Waals surface area contributed by atoms with E-state index in [1.165, 1.54) is 6.92 Å².